The zero-order valence-electron chi connectivity index (χ0n) is 8.86. The van der Waals surface area contributed by atoms with Crippen molar-refractivity contribution in [2.24, 2.45) is 0 Å². The number of nitrogens with one attached hydrogen (secondary N) is 1. The average Bonchev–Trinajstić information content (AvgIpc) is 2.61. The van der Waals surface area contributed by atoms with E-state index >= 15 is 0 Å². The third-order valence-electron chi connectivity index (χ3n) is 2.06. The van der Waals surface area contributed by atoms with Gasteiger partial charge >= 0.3 is 5.97 Å². The molecule has 0 atom stereocenters. The van der Waals surface area contributed by atoms with Crippen molar-refractivity contribution in [3.05, 3.63) is 27.1 Å². The molecule has 84 valence electrons. The fourth-order valence-corrected chi connectivity index (χ4v) is 2.37. The van der Waals surface area contributed by atoms with Crippen LogP contribution in [0, 0.1) is 6.92 Å². The van der Waals surface area contributed by atoms with Crippen molar-refractivity contribution < 1.29 is 9.53 Å². The molecule has 16 heavy (non-hydrogen) atoms. The number of rotatable bonds is 2. The number of carbonyl (C=O) groups excluding carboxylic acids is 1. The first-order chi connectivity index (χ1) is 7.63. The van der Waals surface area contributed by atoms with Crippen molar-refractivity contribution in [1.82, 2.24) is 9.97 Å². The molecule has 0 aliphatic rings. The Morgan fingerprint density at radius 3 is 3.06 bits per heavy atom. The number of esters is 1. The number of ether oxygens (including phenoxy) is 1. The van der Waals surface area contributed by atoms with Gasteiger partial charge in [-0.25, -0.2) is 9.78 Å². The Morgan fingerprint density at radius 1 is 1.62 bits per heavy atom. The number of aromatic amines is 1. The van der Waals surface area contributed by atoms with Crippen molar-refractivity contribution in [2.75, 3.05) is 6.61 Å². The summed E-state index contributed by atoms with van der Waals surface area (Å²) in [6.07, 6.45) is 0. The Bertz CT molecular complexity index is 600. The summed E-state index contributed by atoms with van der Waals surface area (Å²) in [4.78, 5) is 30.5. The molecule has 1 N–H and O–H groups in total. The summed E-state index contributed by atoms with van der Waals surface area (Å²) >= 11 is 1.26. The fraction of sp³-hybridized carbons (Fsp3) is 0.300. The first-order valence-corrected chi connectivity index (χ1v) is 5.66. The molecular weight excluding hydrogens is 228 g/mol. The SMILES string of the molecule is CCOC(=O)c1csc2nc(C)[nH]c(=O)c12. The van der Waals surface area contributed by atoms with Gasteiger partial charge in [-0.2, -0.15) is 0 Å². The van der Waals surface area contributed by atoms with Gasteiger partial charge in [-0.15, -0.1) is 11.3 Å². The second kappa shape index (κ2) is 4.05. The lowest BCUT2D eigenvalue weighted by Crippen LogP contribution is -2.13. The van der Waals surface area contributed by atoms with Gasteiger partial charge in [0.2, 0.25) is 0 Å². The molecule has 0 unspecified atom stereocenters. The van der Waals surface area contributed by atoms with Crippen LogP contribution in [0.2, 0.25) is 0 Å². The van der Waals surface area contributed by atoms with Crippen LogP contribution in [-0.2, 0) is 4.74 Å². The lowest BCUT2D eigenvalue weighted by Gasteiger charge is -1.99. The minimum atomic E-state index is -0.482. The molecule has 5 nitrogen and oxygen atoms in total. The van der Waals surface area contributed by atoms with Gasteiger partial charge in [0.1, 0.15) is 10.7 Å². The monoisotopic (exact) mass is 238 g/mol. The summed E-state index contributed by atoms with van der Waals surface area (Å²) in [6, 6.07) is 0. The van der Waals surface area contributed by atoms with E-state index in [1.807, 2.05) is 0 Å². The molecule has 6 heteroatoms. The lowest BCUT2D eigenvalue weighted by molar-refractivity contribution is 0.0529. The number of thiophene rings is 1. The summed E-state index contributed by atoms with van der Waals surface area (Å²) < 4.78 is 4.87. The highest BCUT2D eigenvalue weighted by Gasteiger charge is 2.17. The zero-order valence-corrected chi connectivity index (χ0v) is 9.68. The Kier molecular flexibility index (Phi) is 2.74. The summed E-state index contributed by atoms with van der Waals surface area (Å²) in [7, 11) is 0. The normalized spacial score (nSPS) is 10.6. The van der Waals surface area contributed by atoms with E-state index in [0.29, 0.717) is 16.0 Å². The zero-order chi connectivity index (χ0) is 11.7. The molecule has 2 aromatic rings. The maximum atomic E-state index is 11.7. The van der Waals surface area contributed by atoms with Crippen LogP contribution in [0.25, 0.3) is 10.2 Å². The van der Waals surface area contributed by atoms with Gasteiger partial charge in [-0.1, -0.05) is 0 Å². The molecular formula is C10H10N2O3S. The minimum Gasteiger partial charge on any atom is -0.462 e. The van der Waals surface area contributed by atoms with E-state index in [9.17, 15) is 9.59 Å². The smallest absolute Gasteiger partial charge is 0.339 e. The molecule has 0 fully saturated rings. The van der Waals surface area contributed by atoms with Gasteiger partial charge in [-0.05, 0) is 13.8 Å². The van der Waals surface area contributed by atoms with E-state index in [-0.39, 0.29) is 17.7 Å². The molecule has 0 bridgehead atoms. The maximum Gasteiger partial charge on any atom is 0.339 e. The van der Waals surface area contributed by atoms with Crippen molar-refractivity contribution >= 4 is 27.5 Å². The van der Waals surface area contributed by atoms with Crippen molar-refractivity contribution in [1.29, 1.82) is 0 Å². The first-order valence-electron chi connectivity index (χ1n) is 4.78. The number of hydrogen-bond donors (Lipinski definition) is 1. The number of aromatic nitrogens is 2. The standard InChI is InChI=1S/C10H10N2O3S/c1-3-15-10(14)6-4-16-9-7(6)8(13)11-5(2)12-9/h4H,3H2,1-2H3,(H,11,12,13). The van der Waals surface area contributed by atoms with E-state index < -0.39 is 5.97 Å². The molecule has 2 aromatic heterocycles. The highest BCUT2D eigenvalue weighted by Crippen LogP contribution is 2.21. The fourth-order valence-electron chi connectivity index (χ4n) is 1.42. The topological polar surface area (TPSA) is 72.0 Å². The Balaban J connectivity index is 2.65. The number of nitrogens with zero attached hydrogens (tertiary/aromatic N) is 1. The Hall–Kier alpha value is -1.69. The molecule has 0 aliphatic heterocycles. The second-order valence-electron chi connectivity index (χ2n) is 3.20. The number of carbonyl (C=O) groups is 1. The minimum absolute atomic E-state index is 0.285. The highest BCUT2D eigenvalue weighted by molar-refractivity contribution is 7.17. The Labute approximate surface area is 95.1 Å². The summed E-state index contributed by atoms with van der Waals surface area (Å²) in [5.74, 6) is 0.0552. The Morgan fingerprint density at radius 2 is 2.38 bits per heavy atom. The van der Waals surface area contributed by atoms with Crippen molar-refractivity contribution in [3.63, 3.8) is 0 Å². The third-order valence-corrected chi connectivity index (χ3v) is 2.93. The lowest BCUT2D eigenvalue weighted by atomic mass is 10.2. The molecule has 0 saturated heterocycles. The molecule has 0 aromatic carbocycles. The second-order valence-corrected chi connectivity index (χ2v) is 4.06. The molecule has 2 rings (SSSR count). The van der Waals surface area contributed by atoms with Gasteiger partial charge in [0, 0.05) is 5.38 Å². The maximum absolute atomic E-state index is 11.7. The molecule has 0 saturated carbocycles. The number of fused-ring (bicyclic) bond motifs is 1. The van der Waals surface area contributed by atoms with E-state index in [0.717, 1.165) is 0 Å². The van der Waals surface area contributed by atoms with Crippen LogP contribution >= 0.6 is 11.3 Å². The third kappa shape index (κ3) is 1.71. The van der Waals surface area contributed by atoms with Crippen LogP contribution in [-0.4, -0.2) is 22.5 Å². The molecule has 0 radical (unpaired) electrons. The summed E-state index contributed by atoms with van der Waals surface area (Å²) in [5.41, 5.74) is -0.0117. The highest BCUT2D eigenvalue weighted by atomic mass is 32.1. The van der Waals surface area contributed by atoms with Gasteiger partial charge in [0.25, 0.3) is 5.56 Å². The first kappa shape index (κ1) is 10.8. The predicted molar refractivity (Wildman–Crippen MR) is 60.9 cm³/mol. The van der Waals surface area contributed by atoms with Gasteiger partial charge in [-0.3, -0.25) is 4.79 Å². The number of aryl methyl sites for hydroxylation is 1. The van der Waals surface area contributed by atoms with Crippen molar-refractivity contribution in [3.8, 4) is 0 Å². The van der Waals surface area contributed by atoms with Crippen molar-refractivity contribution in [2.45, 2.75) is 13.8 Å². The number of H-pyrrole nitrogens is 1. The van der Waals surface area contributed by atoms with E-state index in [1.165, 1.54) is 11.3 Å². The van der Waals surface area contributed by atoms with Gasteiger partial charge in [0.05, 0.1) is 17.6 Å². The van der Waals surface area contributed by atoms with Crippen LogP contribution in [0.15, 0.2) is 10.2 Å². The number of hydrogen-bond acceptors (Lipinski definition) is 5. The quantitative estimate of drug-likeness (QED) is 0.804. The van der Waals surface area contributed by atoms with Crippen LogP contribution in [0.3, 0.4) is 0 Å². The van der Waals surface area contributed by atoms with Crippen LogP contribution < -0.4 is 5.56 Å². The van der Waals surface area contributed by atoms with E-state index in [2.05, 4.69) is 9.97 Å². The molecule has 2 heterocycles. The van der Waals surface area contributed by atoms with Gasteiger partial charge in [0.15, 0.2) is 0 Å². The molecule has 0 amide bonds. The largest absolute Gasteiger partial charge is 0.462 e. The summed E-state index contributed by atoms with van der Waals surface area (Å²) in [5, 5.41) is 1.92. The summed E-state index contributed by atoms with van der Waals surface area (Å²) in [6.45, 7) is 3.71. The predicted octanol–water partition coefficient (Wildman–Crippen LogP) is 1.47. The van der Waals surface area contributed by atoms with Gasteiger partial charge < -0.3 is 9.72 Å². The van der Waals surface area contributed by atoms with Crippen LogP contribution in [0.5, 0.6) is 0 Å². The van der Waals surface area contributed by atoms with Crippen LogP contribution in [0.1, 0.15) is 23.1 Å². The van der Waals surface area contributed by atoms with E-state index in [4.69, 9.17) is 4.74 Å². The van der Waals surface area contributed by atoms with Crippen LogP contribution in [0.4, 0.5) is 0 Å². The average molecular weight is 238 g/mol. The van der Waals surface area contributed by atoms with E-state index in [1.54, 1.807) is 19.2 Å². The molecule has 0 spiro atoms. The molecule has 0 aliphatic carbocycles.